The minimum absolute atomic E-state index is 0.145. The summed E-state index contributed by atoms with van der Waals surface area (Å²) in [6, 6.07) is 16.2. The summed E-state index contributed by atoms with van der Waals surface area (Å²) in [6.45, 7) is 0. The predicted octanol–water partition coefficient (Wildman–Crippen LogP) is 3.99. The molecular formula is C20H19NO3S. The Balaban J connectivity index is 1.50. The van der Waals surface area contributed by atoms with Gasteiger partial charge in [-0.15, -0.1) is 0 Å². The lowest BCUT2D eigenvalue weighted by molar-refractivity contribution is -0.125. The summed E-state index contributed by atoms with van der Waals surface area (Å²) in [4.78, 5) is 25.1. The van der Waals surface area contributed by atoms with Crippen LogP contribution in [0.5, 0.6) is 5.75 Å². The summed E-state index contributed by atoms with van der Waals surface area (Å²) >= 11 is 1.08. The normalized spacial score (nSPS) is 22.7. The highest BCUT2D eigenvalue weighted by Crippen LogP contribution is 2.40. The maximum absolute atomic E-state index is 12.2. The summed E-state index contributed by atoms with van der Waals surface area (Å²) in [5.41, 5.74) is 3.29. The number of ether oxygens (including phenoxy) is 1. The smallest absolute Gasteiger partial charge is 0.289 e. The highest BCUT2D eigenvalue weighted by molar-refractivity contribution is 8.14. The maximum atomic E-state index is 12.2. The van der Waals surface area contributed by atoms with E-state index in [4.69, 9.17) is 4.74 Å². The van der Waals surface area contributed by atoms with Crippen LogP contribution in [0.25, 0.3) is 0 Å². The molecule has 0 spiro atoms. The Labute approximate surface area is 151 Å². The number of fused-ring (bicyclic) bond motifs is 1. The number of carbonyl (C=O) groups is 2. The van der Waals surface area contributed by atoms with Crippen LogP contribution in [0.3, 0.4) is 0 Å². The van der Waals surface area contributed by atoms with Crippen molar-refractivity contribution in [1.29, 1.82) is 0 Å². The Bertz CT molecular complexity index is 821. The number of imide groups is 1. The minimum atomic E-state index is -0.426. The van der Waals surface area contributed by atoms with Crippen molar-refractivity contribution < 1.29 is 14.3 Å². The zero-order valence-corrected chi connectivity index (χ0v) is 14.8. The van der Waals surface area contributed by atoms with Crippen LogP contribution in [0.1, 0.15) is 28.4 Å². The number of likely N-dealkylation sites (N-methyl/N-ethyl adjacent to an activating group) is 1. The van der Waals surface area contributed by atoms with Crippen LogP contribution >= 0.6 is 11.8 Å². The van der Waals surface area contributed by atoms with Gasteiger partial charge in [0.2, 0.25) is 5.91 Å². The molecule has 25 heavy (non-hydrogen) atoms. The van der Waals surface area contributed by atoms with Crippen molar-refractivity contribution in [3.8, 4) is 5.75 Å². The number of carbonyl (C=O) groups excluding carboxylic acids is 2. The van der Waals surface area contributed by atoms with E-state index in [-0.39, 0.29) is 17.3 Å². The van der Waals surface area contributed by atoms with Crippen LogP contribution in [-0.2, 0) is 17.6 Å². The molecule has 0 saturated carbocycles. The second kappa shape index (κ2) is 6.56. The first-order valence-electron chi connectivity index (χ1n) is 8.43. The van der Waals surface area contributed by atoms with E-state index in [1.54, 1.807) is 0 Å². The van der Waals surface area contributed by atoms with E-state index in [2.05, 4.69) is 12.1 Å². The van der Waals surface area contributed by atoms with Gasteiger partial charge in [0, 0.05) is 13.5 Å². The van der Waals surface area contributed by atoms with Crippen molar-refractivity contribution in [3.05, 3.63) is 65.2 Å². The quantitative estimate of drug-likeness (QED) is 0.837. The first-order chi connectivity index (χ1) is 12.1. The molecular weight excluding hydrogens is 334 g/mol. The average Bonchev–Trinajstić information content (AvgIpc) is 2.89. The molecule has 1 unspecified atom stereocenters. The van der Waals surface area contributed by atoms with E-state index in [1.807, 2.05) is 36.4 Å². The van der Waals surface area contributed by atoms with Gasteiger partial charge in [0.1, 0.15) is 17.1 Å². The van der Waals surface area contributed by atoms with Crippen molar-refractivity contribution in [2.24, 2.45) is 0 Å². The number of aryl methyl sites for hydroxylation is 1. The van der Waals surface area contributed by atoms with Crippen molar-refractivity contribution in [2.45, 2.75) is 30.6 Å². The minimum Gasteiger partial charge on any atom is -0.490 e. The molecule has 2 aromatic carbocycles. The number of amides is 2. The summed E-state index contributed by atoms with van der Waals surface area (Å²) in [5, 5.41) is -0.614. The third-order valence-electron chi connectivity index (χ3n) is 4.77. The Hall–Kier alpha value is -2.27. The molecule has 1 saturated heterocycles. The molecule has 0 aromatic heterocycles. The first-order valence-corrected chi connectivity index (χ1v) is 9.31. The fourth-order valence-electron chi connectivity index (χ4n) is 3.36. The van der Waals surface area contributed by atoms with Gasteiger partial charge in [-0.3, -0.25) is 14.5 Å². The highest BCUT2D eigenvalue weighted by atomic mass is 32.2. The summed E-state index contributed by atoms with van der Waals surface area (Å²) in [5.74, 6) is 0.750. The number of thioether (sulfide) groups is 1. The molecule has 2 amide bonds. The van der Waals surface area contributed by atoms with Crippen LogP contribution in [0.2, 0.25) is 0 Å². The van der Waals surface area contributed by atoms with Crippen molar-refractivity contribution >= 4 is 22.9 Å². The average molecular weight is 353 g/mol. The van der Waals surface area contributed by atoms with Crippen molar-refractivity contribution in [3.63, 3.8) is 0 Å². The fraction of sp³-hybridized carbons (Fsp3) is 0.300. The van der Waals surface area contributed by atoms with Gasteiger partial charge in [0.15, 0.2) is 0 Å². The van der Waals surface area contributed by atoms with Gasteiger partial charge in [-0.05, 0) is 47.4 Å². The topological polar surface area (TPSA) is 46.6 Å². The zero-order chi connectivity index (χ0) is 17.4. The molecule has 2 aliphatic rings. The molecule has 2 aliphatic heterocycles. The van der Waals surface area contributed by atoms with E-state index in [0.717, 1.165) is 47.9 Å². The van der Waals surface area contributed by atoms with Gasteiger partial charge in [-0.1, -0.05) is 42.5 Å². The summed E-state index contributed by atoms with van der Waals surface area (Å²) < 4.78 is 6.15. The molecule has 4 nitrogen and oxygen atoms in total. The second-order valence-electron chi connectivity index (χ2n) is 6.50. The molecule has 2 aromatic rings. The largest absolute Gasteiger partial charge is 0.490 e. The SMILES string of the molecule is CN1C(=O)S[C@@H](c2ccc3c(c2)CCC(Cc2ccccc2)O3)C1=O. The Kier molecular flexibility index (Phi) is 4.25. The number of hydrogen-bond acceptors (Lipinski definition) is 4. The van der Waals surface area contributed by atoms with Gasteiger partial charge in [-0.2, -0.15) is 0 Å². The van der Waals surface area contributed by atoms with Crippen LogP contribution in [0.4, 0.5) is 4.79 Å². The molecule has 0 bridgehead atoms. The molecule has 0 radical (unpaired) electrons. The molecule has 1 fully saturated rings. The lowest BCUT2D eigenvalue weighted by atomic mass is 9.95. The van der Waals surface area contributed by atoms with Crippen LogP contribution in [0, 0.1) is 0 Å². The van der Waals surface area contributed by atoms with Crippen LogP contribution in [-0.4, -0.2) is 29.2 Å². The zero-order valence-electron chi connectivity index (χ0n) is 14.0. The number of rotatable bonds is 3. The van der Waals surface area contributed by atoms with E-state index < -0.39 is 5.25 Å². The summed E-state index contributed by atoms with van der Waals surface area (Å²) in [6.07, 6.45) is 2.96. The summed E-state index contributed by atoms with van der Waals surface area (Å²) in [7, 11) is 1.54. The lowest BCUT2D eigenvalue weighted by Gasteiger charge is -2.27. The molecule has 2 atom stereocenters. The van der Waals surface area contributed by atoms with Crippen molar-refractivity contribution in [1.82, 2.24) is 4.90 Å². The van der Waals surface area contributed by atoms with Crippen LogP contribution in [0.15, 0.2) is 48.5 Å². The highest BCUT2D eigenvalue weighted by Gasteiger charge is 2.38. The Morgan fingerprint density at radius 3 is 2.68 bits per heavy atom. The van der Waals surface area contributed by atoms with E-state index >= 15 is 0 Å². The maximum Gasteiger partial charge on any atom is 0.289 e. The number of benzene rings is 2. The van der Waals surface area contributed by atoms with Gasteiger partial charge in [0.25, 0.3) is 5.24 Å². The number of hydrogen-bond donors (Lipinski definition) is 0. The predicted molar refractivity (Wildman–Crippen MR) is 97.8 cm³/mol. The fourth-order valence-corrected chi connectivity index (χ4v) is 4.35. The van der Waals surface area contributed by atoms with E-state index in [1.165, 1.54) is 17.5 Å². The van der Waals surface area contributed by atoms with E-state index in [9.17, 15) is 9.59 Å². The Morgan fingerprint density at radius 1 is 1.16 bits per heavy atom. The first kappa shape index (κ1) is 16.2. The van der Waals surface area contributed by atoms with Gasteiger partial charge < -0.3 is 4.74 Å². The van der Waals surface area contributed by atoms with Gasteiger partial charge in [0.05, 0.1) is 0 Å². The van der Waals surface area contributed by atoms with E-state index in [0.29, 0.717) is 0 Å². The van der Waals surface area contributed by atoms with Crippen LogP contribution < -0.4 is 4.74 Å². The van der Waals surface area contributed by atoms with Crippen molar-refractivity contribution in [2.75, 3.05) is 7.05 Å². The van der Waals surface area contributed by atoms with Gasteiger partial charge >= 0.3 is 0 Å². The number of nitrogens with zero attached hydrogens (tertiary/aromatic N) is 1. The molecule has 5 heteroatoms. The van der Waals surface area contributed by atoms with Gasteiger partial charge in [-0.25, -0.2) is 0 Å². The standard InChI is InChI=1S/C20H19NO3S/c1-21-19(22)18(25-20(21)23)15-8-10-17-14(12-15)7-9-16(24-17)11-13-5-3-2-4-6-13/h2-6,8,10,12,16,18H,7,9,11H2,1H3/t16?,18-/m0/s1. The molecule has 0 N–H and O–H groups in total. The molecule has 2 heterocycles. The lowest BCUT2D eigenvalue weighted by Crippen LogP contribution is -2.26. The molecule has 0 aliphatic carbocycles. The third kappa shape index (κ3) is 3.16. The Morgan fingerprint density at radius 2 is 1.96 bits per heavy atom. The second-order valence-corrected chi connectivity index (χ2v) is 7.55. The monoisotopic (exact) mass is 353 g/mol. The molecule has 4 rings (SSSR count). The molecule has 128 valence electrons. The third-order valence-corrected chi connectivity index (χ3v) is 5.96.